The van der Waals surface area contributed by atoms with Crippen molar-refractivity contribution in [3.8, 4) is 0 Å². The number of azide groups is 2. The number of nitrogens with zero attached hydrogens (tertiary/aromatic N) is 6. The van der Waals surface area contributed by atoms with Gasteiger partial charge in [-0.05, 0) is 113 Å². The summed E-state index contributed by atoms with van der Waals surface area (Å²) < 4.78 is 123. The highest BCUT2D eigenvalue weighted by Gasteiger charge is 2.61. The average Bonchev–Trinajstić information content (AvgIpc) is 0.754. The quantitative estimate of drug-likeness (QED) is 0.00908. The Labute approximate surface area is 697 Å². The molecule has 6 aromatic rings. The van der Waals surface area contributed by atoms with Crippen molar-refractivity contribution < 1.29 is 139 Å². The molecule has 4 aliphatic rings. The van der Waals surface area contributed by atoms with Crippen LogP contribution in [0.3, 0.4) is 0 Å². The predicted molar refractivity (Wildman–Crippen MR) is 420 cm³/mol. The second-order valence-electron chi connectivity index (χ2n) is 30.8. The third-order valence-electron chi connectivity index (χ3n) is 19.3. The maximum Gasteiger partial charge on any atom is 0.338 e. The maximum absolute atomic E-state index is 15.2. The van der Waals surface area contributed by atoms with E-state index < -0.39 is 227 Å². The Morgan fingerprint density at radius 1 is 0.430 bits per heavy atom. The van der Waals surface area contributed by atoms with Gasteiger partial charge in [-0.3, -0.25) is 19.2 Å². The topological polar surface area (TPSA) is 450 Å². The first-order valence-corrected chi connectivity index (χ1v) is 39.2. The van der Waals surface area contributed by atoms with E-state index in [4.69, 9.17) is 90.0 Å². The molecule has 0 aromatic heterocycles. The van der Waals surface area contributed by atoms with Crippen LogP contribution in [0.1, 0.15) is 111 Å². The molecule has 2 N–H and O–H groups in total. The Bertz CT molecular complexity index is 4450. The summed E-state index contributed by atoms with van der Waals surface area (Å²) in [5.41, 5.74) is 21.2. The van der Waals surface area contributed by atoms with E-state index in [-0.39, 0.29) is 37.6 Å². The molecular weight excluding hydrogens is 1580 g/mol. The average molecular weight is 1680 g/mol. The Balaban J connectivity index is 1.13. The van der Waals surface area contributed by atoms with Gasteiger partial charge in [-0.2, -0.15) is 0 Å². The minimum Gasteiger partial charge on any atom is -0.481 e. The molecule has 35 heteroatoms. The Morgan fingerprint density at radius 3 is 1.22 bits per heavy atom. The number of aliphatic hydroxyl groups excluding tert-OH is 1. The first kappa shape index (κ1) is 92.5. The van der Waals surface area contributed by atoms with Crippen LogP contribution in [0, 0.1) is 10.8 Å². The lowest BCUT2D eigenvalue weighted by molar-refractivity contribution is -0.377. The number of carbonyl (C=O) groups is 8. The van der Waals surface area contributed by atoms with Crippen LogP contribution in [-0.4, -0.2) is 220 Å². The number of carboxylic acid groups (broad SMARTS) is 1. The van der Waals surface area contributed by atoms with Crippen LogP contribution in [0.5, 0.6) is 0 Å². The molecule has 0 saturated carbocycles. The van der Waals surface area contributed by atoms with Crippen LogP contribution in [-0.2, 0) is 145 Å². The number of benzene rings is 6. The molecule has 0 radical (unpaired) electrons. The Kier molecular flexibility index (Phi) is 34.1. The van der Waals surface area contributed by atoms with E-state index >= 15 is 14.4 Å². The minimum atomic E-state index is -2.17. The summed E-state index contributed by atoms with van der Waals surface area (Å²) >= 11 is 0. The zero-order chi connectivity index (χ0) is 86.8. The van der Waals surface area contributed by atoms with E-state index in [1.807, 2.05) is 0 Å². The van der Waals surface area contributed by atoms with Gasteiger partial charge >= 0.3 is 47.8 Å². The minimum absolute atomic E-state index is 0.0402. The van der Waals surface area contributed by atoms with E-state index in [0.717, 1.165) is 7.11 Å². The summed E-state index contributed by atoms with van der Waals surface area (Å²) in [6.07, 6.45) is -35.4. The summed E-state index contributed by atoms with van der Waals surface area (Å²) in [4.78, 5) is 118. The Hall–Kier alpha value is -10.8. The summed E-state index contributed by atoms with van der Waals surface area (Å²) in [6.45, 7) is 8.61. The van der Waals surface area contributed by atoms with Crippen molar-refractivity contribution in [2.75, 3.05) is 33.5 Å². The van der Waals surface area contributed by atoms with Gasteiger partial charge in [0.25, 0.3) is 0 Å². The van der Waals surface area contributed by atoms with Gasteiger partial charge < -0.3 is 100 Å². The normalized spacial score (nSPS) is 26.6. The van der Waals surface area contributed by atoms with Crippen molar-refractivity contribution in [3.05, 3.63) is 236 Å². The zero-order valence-corrected chi connectivity index (χ0v) is 68.1. The molecule has 0 aliphatic carbocycles. The van der Waals surface area contributed by atoms with Crippen molar-refractivity contribution in [1.82, 2.24) is 0 Å². The molecule has 648 valence electrons. The van der Waals surface area contributed by atoms with Crippen LogP contribution in [0.25, 0.3) is 20.9 Å². The van der Waals surface area contributed by atoms with Crippen molar-refractivity contribution in [1.29, 1.82) is 0 Å². The van der Waals surface area contributed by atoms with Crippen molar-refractivity contribution in [2.45, 2.75) is 223 Å². The van der Waals surface area contributed by atoms with Crippen molar-refractivity contribution in [2.24, 2.45) is 21.1 Å². The number of esters is 7. The van der Waals surface area contributed by atoms with Crippen LogP contribution < -0.4 is 0 Å². The molecule has 4 fully saturated rings. The molecule has 4 heterocycles. The monoisotopic (exact) mass is 1680 g/mol. The number of carbonyl (C=O) groups excluding carboxylic acids is 7. The van der Waals surface area contributed by atoms with Gasteiger partial charge in [0.1, 0.15) is 93.4 Å². The molecule has 35 nitrogen and oxygen atoms in total. The Morgan fingerprint density at radius 2 is 0.802 bits per heavy atom. The number of aliphatic carboxylic acids is 1. The molecule has 4 saturated heterocycles. The third-order valence-corrected chi connectivity index (χ3v) is 19.3. The maximum atomic E-state index is 15.2. The van der Waals surface area contributed by atoms with E-state index in [9.17, 15) is 45.2 Å². The highest BCUT2D eigenvalue weighted by molar-refractivity contribution is 5.90. The summed E-state index contributed by atoms with van der Waals surface area (Å²) in [5.74, 6) is -8.16. The van der Waals surface area contributed by atoms with Gasteiger partial charge in [0.15, 0.2) is 49.6 Å². The second kappa shape index (κ2) is 44.6. The molecule has 6 aromatic carbocycles. The predicted octanol–water partition coefficient (Wildman–Crippen LogP) is 10.3. The fraction of sp³-hybridized carbons (Fsp3) is 0.488. The lowest BCUT2D eigenvalue weighted by atomic mass is 9.93. The van der Waals surface area contributed by atoms with Crippen LogP contribution in [0.4, 0.5) is 0 Å². The van der Waals surface area contributed by atoms with Gasteiger partial charge in [-0.25, -0.2) is 19.2 Å². The first-order valence-electron chi connectivity index (χ1n) is 39.2. The van der Waals surface area contributed by atoms with Gasteiger partial charge in [0.05, 0.1) is 80.5 Å². The number of carboxylic acids is 1. The second-order valence-corrected chi connectivity index (χ2v) is 30.8. The van der Waals surface area contributed by atoms with E-state index in [1.54, 1.807) is 192 Å². The summed E-state index contributed by atoms with van der Waals surface area (Å²) in [7, 11) is 1.02. The largest absolute Gasteiger partial charge is 0.481 e. The van der Waals surface area contributed by atoms with Crippen molar-refractivity contribution >= 4 is 47.8 Å². The lowest BCUT2D eigenvalue weighted by Gasteiger charge is -2.51. The smallest absolute Gasteiger partial charge is 0.338 e. The lowest BCUT2D eigenvalue weighted by Crippen LogP contribution is -2.69. The number of rotatable bonds is 38. The highest BCUT2D eigenvalue weighted by Crippen LogP contribution is 2.42. The molecular formula is C86H100N6O29. The molecule has 0 amide bonds. The van der Waals surface area contributed by atoms with Crippen LogP contribution in [0.15, 0.2) is 192 Å². The van der Waals surface area contributed by atoms with Gasteiger partial charge in [-0.15, -0.1) is 0 Å². The first-order chi connectivity index (χ1) is 58.1. The van der Waals surface area contributed by atoms with Crippen molar-refractivity contribution in [3.63, 3.8) is 0 Å². The number of methoxy groups -OCH3 is 1. The molecule has 121 heavy (non-hydrogen) atoms. The summed E-state index contributed by atoms with van der Waals surface area (Å²) in [5, 5.41) is 29.9. The standard InChI is InChI=1S/C86H100N6O29/c1-50(2)112-81-73(120-83(101)85(3,4)5)68(109-47-54-34-22-13-23-35-54)70(72(119-81)78(100)105-43-42-104-60(95)41-40-59(93)94)117-80-62(90-92-88)66(107-45-52-30-18-11-19-31-52)64(58(114-80)49-111-76(98)56-38-26-15-27-39-56)115-82-74(121-84(102)86(6,7)8)67(108-46-53-32-20-12-21-33-53)69(71(118-82)77(99)103-9)116-79-61(89-91-87)65(106-44-51-28-16-10-17-29-51)63(96)57(113-79)48-110-75(97)55-36-24-14-25-37-55/h10-39,50,57-58,61-74,79-82,96H,40-49H2,1-9H3,(H,93,94)/t57-,58-,61-,62-,63-,64-,65-,66-,67+,68+,69+,70+,71-,72-,73-,74-,79-,80-,81-,82-/m1/s1. The molecule has 0 spiro atoms. The van der Waals surface area contributed by atoms with Gasteiger partial charge in [-0.1, -0.05) is 168 Å². The fourth-order valence-corrected chi connectivity index (χ4v) is 13.2. The van der Waals surface area contributed by atoms with Crippen LogP contribution >= 0.6 is 0 Å². The zero-order valence-electron chi connectivity index (χ0n) is 68.1. The molecule has 10 rings (SSSR count). The van der Waals surface area contributed by atoms with E-state index in [1.165, 1.54) is 45.0 Å². The third kappa shape index (κ3) is 26.1. The molecule has 4 aliphatic heterocycles. The van der Waals surface area contributed by atoms with Gasteiger partial charge in [0, 0.05) is 9.82 Å². The molecule has 0 bridgehead atoms. The van der Waals surface area contributed by atoms with E-state index in [2.05, 4.69) is 20.1 Å². The number of ether oxygens (including phenoxy) is 19. The fourth-order valence-electron chi connectivity index (χ4n) is 13.2. The van der Waals surface area contributed by atoms with Gasteiger partial charge in [0.2, 0.25) is 0 Å². The highest BCUT2D eigenvalue weighted by atomic mass is 16.8. The molecule has 0 unspecified atom stereocenters. The number of hydrogen-bond acceptors (Lipinski definition) is 30. The SMILES string of the molecule is COC(=O)[C@@H]1O[C@@H](O[C@H]2[C@H](OCc3ccccc3)[C@@H](N=[N+]=[N-])[C@@H](O[C@H]3[C@H](OCc4ccccc4)[C@@H](OC(=O)C(C)(C)C)[C@H](OC(C)C)O[C@H]3C(=O)OCCOC(=O)CCC(=O)O)O[C@@H]2COC(=O)c2ccccc2)[C@H](OC(=O)C(C)(C)C)[C@@H](OCc2ccccc2)[C@@H]1O[C@H]1O[C@H](COC(=O)c2ccccc2)[C@@H](O)[C@H](OCc2ccccc2)[C@H]1N=[N+]=[N-]. The summed E-state index contributed by atoms with van der Waals surface area (Å²) in [6, 6.07) is 46.6. The van der Waals surface area contributed by atoms with Crippen LogP contribution in [0.2, 0.25) is 0 Å². The van der Waals surface area contributed by atoms with E-state index in [0.29, 0.717) is 22.3 Å². The number of hydrogen-bond donors (Lipinski definition) is 2. The molecule has 20 atom stereocenters. The number of aliphatic hydroxyl groups is 1.